The third kappa shape index (κ3) is 5.24. The smallest absolute Gasteiger partial charge is 0.339 e. The Kier molecular flexibility index (Phi) is 8.31. The molecule has 0 bridgehead atoms. The van der Waals surface area contributed by atoms with Crippen LogP contribution < -0.4 is 4.72 Å². The molecule has 0 atom stereocenters. The van der Waals surface area contributed by atoms with E-state index in [4.69, 9.17) is 21.3 Å². The quantitative estimate of drug-likeness (QED) is 0.324. The highest BCUT2D eigenvalue weighted by atomic mass is 35.5. The van der Waals surface area contributed by atoms with E-state index in [1.54, 1.807) is 25.4 Å². The van der Waals surface area contributed by atoms with Gasteiger partial charge in [-0.25, -0.2) is 9.79 Å². The summed E-state index contributed by atoms with van der Waals surface area (Å²) >= 11 is 7.77. The summed E-state index contributed by atoms with van der Waals surface area (Å²) in [6.45, 7) is 5.61. The maximum absolute atomic E-state index is 12.0. The van der Waals surface area contributed by atoms with Gasteiger partial charge in [0.05, 0.1) is 17.7 Å². The summed E-state index contributed by atoms with van der Waals surface area (Å²) in [6, 6.07) is 11.3. The first kappa shape index (κ1) is 25.3. The van der Waals surface area contributed by atoms with Gasteiger partial charge in [-0.1, -0.05) is 29.8 Å². The number of nitrogens with zero attached hydrogens (tertiary/aromatic N) is 4. The molecule has 0 fully saturated rings. The Hall–Kier alpha value is -3.36. The van der Waals surface area contributed by atoms with Crippen LogP contribution in [0, 0.1) is 6.92 Å². The fourth-order valence-corrected chi connectivity index (χ4v) is 4.53. The number of benzene rings is 2. The van der Waals surface area contributed by atoms with Gasteiger partial charge in [-0.15, -0.1) is 0 Å². The molecule has 0 aromatic heterocycles. The zero-order valence-electron chi connectivity index (χ0n) is 19.7. The monoisotopic (exact) mass is 495 g/mol. The minimum atomic E-state index is -0.474. The van der Waals surface area contributed by atoms with Gasteiger partial charge in [-0.2, -0.15) is 0 Å². The number of carbonyl (C=O) groups excluding carboxylic acids is 1. The highest BCUT2D eigenvalue weighted by Crippen LogP contribution is 2.35. The molecule has 0 amide bonds. The molecule has 176 valence electrons. The fourth-order valence-electron chi connectivity index (χ4n) is 3.43. The number of ether oxygens (including phenoxy) is 1. The van der Waals surface area contributed by atoms with Crippen molar-refractivity contribution in [2.75, 3.05) is 33.0 Å². The zero-order chi connectivity index (χ0) is 24.8. The lowest BCUT2D eigenvalue weighted by Crippen LogP contribution is -2.28. The average molecular weight is 496 g/mol. The third-order valence-electron chi connectivity index (χ3n) is 5.14. The summed E-state index contributed by atoms with van der Waals surface area (Å²) < 4.78 is 8.18. The van der Waals surface area contributed by atoms with Crippen LogP contribution in [-0.2, 0) is 4.74 Å². The minimum absolute atomic E-state index is 0.323. The molecule has 0 saturated carbocycles. The van der Waals surface area contributed by atoms with E-state index < -0.39 is 5.97 Å². The summed E-state index contributed by atoms with van der Waals surface area (Å²) in [6.07, 6.45) is 3.68. The van der Waals surface area contributed by atoms with Crippen LogP contribution in [0.4, 0.5) is 5.69 Å². The Morgan fingerprint density at radius 3 is 2.65 bits per heavy atom. The average Bonchev–Trinajstić information content (AvgIpc) is 2.83. The Morgan fingerprint density at radius 2 is 2.00 bits per heavy atom. The first-order valence-corrected chi connectivity index (χ1v) is 11.5. The van der Waals surface area contributed by atoms with Crippen molar-refractivity contribution >= 4 is 59.2 Å². The number of carbonyl (C=O) groups is 1. The normalized spacial score (nSPS) is 15.6. The Labute approximate surface area is 209 Å². The molecule has 0 saturated heterocycles. The van der Waals surface area contributed by atoms with Gasteiger partial charge >= 0.3 is 5.97 Å². The second-order valence-corrected chi connectivity index (χ2v) is 8.72. The number of anilines is 1. The van der Waals surface area contributed by atoms with Crippen LogP contribution in [-0.4, -0.2) is 57.5 Å². The van der Waals surface area contributed by atoms with Crippen LogP contribution in [0.25, 0.3) is 5.57 Å². The molecule has 0 radical (unpaired) electrons. The van der Waals surface area contributed by atoms with Crippen LogP contribution in [0.2, 0.25) is 5.02 Å². The number of aliphatic imine (C=N–C) groups is 3. The molecule has 0 aliphatic carbocycles. The van der Waals surface area contributed by atoms with E-state index >= 15 is 0 Å². The summed E-state index contributed by atoms with van der Waals surface area (Å²) in [7, 11) is 6.93. The molecule has 1 aliphatic heterocycles. The topological polar surface area (TPSA) is 78.6 Å². The van der Waals surface area contributed by atoms with Gasteiger partial charge < -0.3 is 14.4 Å². The van der Waals surface area contributed by atoms with Crippen molar-refractivity contribution < 1.29 is 9.53 Å². The van der Waals surface area contributed by atoms with Crippen molar-refractivity contribution in [2.24, 2.45) is 15.0 Å². The molecule has 3 rings (SSSR count). The maximum atomic E-state index is 12.0. The van der Waals surface area contributed by atoms with E-state index in [-0.39, 0.29) is 0 Å². The van der Waals surface area contributed by atoms with Crippen molar-refractivity contribution in [1.29, 1.82) is 0 Å². The highest BCUT2D eigenvalue weighted by Gasteiger charge is 2.23. The molecular formula is C25H26ClN5O2S. The van der Waals surface area contributed by atoms with Gasteiger partial charge in [-0.3, -0.25) is 9.98 Å². The number of nitrogens with one attached hydrogen (secondary N) is 1. The highest BCUT2D eigenvalue weighted by molar-refractivity contribution is 8.00. The molecule has 34 heavy (non-hydrogen) atoms. The first-order valence-electron chi connectivity index (χ1n) is 10.3. The molecule has 2 aromatic carbocycles. The first-order chi connectivity index (χ1) is 16.3. The van der Waals surface area contributed by atoms with E-state index in [9.17, 15) is 4.79 Å². The van der Waals surface area contributed by atoms with Crippen LogP contribution in [0.5, 0.6) is 0 Å². The summed E-state index contributed by atoms with van der Waals surface area (Å²) in [5.41, 5.74) is 5.00. The Morgan fingerprint density at radius 1 is 1.26 bits per heavy atom. The second-order valence-electron chi connectivity index (χ2n) is 7.49. The van der Waals surface area contributed by atoms with Crippen LogP contribution in [0.1, 0.15) is 21.5 Å². The van der Waals surface area contributed by atoms with Gasteiger partial charge in [0.15, 0.2) is 5.84 Å². The molecule has 1 heterocycles. The van der Waals surface area contributed by atoms with Gasteiger partial charge in [-0.05, 0) is 61.0 Å². The van der Waals surface area contributed by atoms with E-state index in [0.717, 1.165) is 33.8 Å². The molecule has 1 N–H and O–H groups in total. The standard InChI is InChI=1S/C25H26ClN5O2S/c1-15-17(19-13-16(14-27-2)23(28-3)29-24(19)31(4)5)9-7-11-20(15)30-34-21-12-8-10-18(22(21)26)25(32)33-6/h7-14,30H,2H2,1,3-6H3/b16-14-,28-23?. The van der Waals surface area contributed by atoms with E-state index in [1.807, 2.05) is 56.3 Å². The number of hydrogen-bond donors (Lipinski definition) is 1. The van der Waals surface area contributed by atoms with Gasteiger partial charge in [0.25, 0.3) is 0 Å². The number of rotatable bonds is 6. The zero-order valence-corrected chi connectivity index (χ0v) is 21.3. The molecule has 0 spiro atoms. The van der Waals surface area contributed by atoms with Gasteiger partial charge in [0, 0.05) is 49.1 Å². The number of esters is 1. The molecule has 1 aliphatic rings. The van der Waals surface area contributed by atoms with Crippen LogP contribution in [0.3, 0.4) is 0 Å². The lowest BCUT2D eigenvalue weighted by atomic mass is 9.94. The predicted octanol–water partition coefficient (Wildman–Crippen LogP) is 5.52. The Bertz CT molecular complexity index is 1250. The Balaban J connectivity index is 1.98. The van der Waals surface area contributed by atoms with Crippen molar-refractivity contribution in [3.05, 3.63) is 76.0 Å². The van der Waals surface area contributed by atoms with Gasteiger partial charge in [0.2, 0.25) is 0 Å². The van der Waals surface area contributed by atoms with Crippen LogP contribution >= 0.6 is 23.5 Å². The van der Waals surface area contributed by atoms with Crippen molar-refractivity contribution in [1.82, 2.24) is 4.90 Å². The van der Waals surface area contributed by atoms with E-state index in [0.29, 0.717) is 21.3 Å². The van der Waals surface area contributed by atoms with Crippen molar-refractivity contribution in [3.63, 3.8) is 0 Å². The number of halogens is 1. The lowest BCUT2D eigenvalue weighted by Gasteiger charge is -2.25. The number of methoxy groups -OCH3 is 1. The second kappa shape index (κ2) is 11.2. The van der Waals surface area contributed by atoms with Crippen LogP contribution in [0.15, 0.2) is 74.1 Å². The molecule has 2 aromatic rings. The SMILES string of the molecule is C=N/C=C1/C=C(c2cccc(NSc3cccc(C(=O)OC)c3Cl)c2C)C(N(C)C)=NC1=NC. The fraction of sp³-hybridized carbons (Fsp3) is 0.200. The molecule has 9 heteroatoms. The summed E-state index contributed by atoms with van der Waals surface area (Å²) in [5.74, 6) is 0.921. The number of amidine groups is 2. The minimum Gasteiger partial charge on any atom is -0.465 e. The van der Waals surface area contributed by atoms with Crippen molar-refractivity contribution in [3.8, 4) is 0 Å². The largest absolute Gasteiger partial charge is 0.465 e. The molecular weight excluding hydrogens is 470 g/mol. The van der Waals surface area contributed by atoms with Gasteiger partial charge in [0.1, 0.15) is 5.84 Å². The predicted molar refractivity (Wildman–Crippen MR) is 144 cm³/mol. The molecule has 7 nitrogen and oxygen atoms in total. The molecule has 0 unspecified atom stereocenters. The number of dihydropyridines is 1. The van der Waals surface area contributed by atoms with Crippen molar-refractivity contribution in [2.45, 2.75) is 11.8 Å². The van der Waals surface area contributed by atoms with E-state index in [1.165, 1.54) is 19.1 Å². The summed E-state index contributed by atoms with van der Waals surface area (Å²) in [4.78, 5) is 27.6. The maximum Gasteiger partial charge on any atom is 0.339 e. The lowest BCUT2D eigenvalue weighted by molar-refractivity contribution is 0.0600. The van der Waals surface area contributed by atoms with E-state index in [2.05, 4.69) is 21.4 Å². The number of likely N-dealkylation sites (N-methyl/N-ethyl adjacent to an activating group) is 1. The number of hydrogen-bond acceptors (Lipinski definition) is 7. The summed E-state index contributed by atoms with van der Waals surface area (Å²) in [5, 5.41) is 0.343. The third-order valence-corrected chi connectivity index (χ3v) is 6.54.